The first-order chi connectivity index (χ1) is 9.56. The highest BCUT2D eigenvalue weighted by atomic mass is 19.1. The summed E-state index contributed by atoms with van der Waals surface area (Å²) in [6, 6.07) is 6.66. The van der Waals surface area contributed by atoms with Gasteiger partial charge in [0.05, 0.1) is 6.07 Å². The van der Waals surface area contributed by atoms with Gasteiger partial charge in [0.25, 0.3) is 5.91 Å². The quantitative estimate of drug-likeness (QED) is 0.839. The summed E-state index contributed by atoms with van der Waals surface area (Å²) in [6.45, 7) is 1.65. The lowest BCUT2D eigenvalue weighted by atomic mass is 9.91. The van der Waals surface area contributed by atoms with Gasteiger partial charge in [0.1, 0.15) is 11.4 Å². The number of amides is 1. The number of benzene rings is 1. The average Bonchev–Trinajstić information content (AvgIpc) is 2.68. The molecule has 106 valence electrons. The van der Waals surface area contributed by atoms with E-state index in [-0.39, 0.29) is 11.5 Å². The van der Waals surface area contributed by atoms with Crippen molar-refractivity contribution in [3.63, 3.8) is 0 Å². The smallest absolute Gasteiger partial charge is 0.252 e. The minimum Gasteiger partial charge on any atom is -0.334 e. The van der Waals surface area contributed by atoms with Gasteiger partial charge < -0.3 is 5.32 Å². The third-order valence-electron chi connectivity index (χ3n) is 3.96. The first-order valence-corrected chi connectivity index (χ1v) is 7.06. The van der Waals surface area contributed by atoms with E-state index in [0.717, 1.165) is 25.7 Å². The number of hydrogen-bond donors (Lipinski definition) is 1. The topological polar surface area (TPSA) is 52.9 Å². The highest BCUT2D eigenvalue weighted by Gasteiger charge is 2.32. The molecule has 0 bridgehead atoms. The Morgan fingerprint density at radius 3 is 2.50 bits per heavy atom. The summed E-state index contributed by atoms with van der Waals surface area (Å²) < 4.78 is 13.5. The summed E-state index contributed by atoms with van der Waals surface area (Å²) in [6.07, 6.45) is 5.41. The first kappa shape index (κ1) is 14.5. The van der Waals surface area contributed by atoms with Crippen molar-refractivity contribution in [3.8, 4) is 6.07 Å². The van der Waals surface area contributed by atoms with Crippen LogP contribution in [0.5, 0.6) is 0 Å². The van der Waals surface area contributed by atoms with Gasteiger partial charge in [-0.2, -0.15) is 5.26 Å². The monoisotopic (exact) mass is 274 g/mol. The highest BCUT2D eigenvalue weighted by molar-refractivity contribution is 5.95. The Kier molecular flexibility index (Phi) is 4.39. The molecule has 1 amide bonds. The van der Waals surface area contributed by atoms with Gasteiger partial charge in [-0.05, 0) is 37.5 Å². The predicted octanol–water partition coefficient (Wildman–Crippen LogP) is 3.48. The van der Waals surface area contributed by atoms with E-state index < -0.39 is 11.4 Å². The van der Waals surface area contributed by atoms with Crippen LogP contribution in [0.15, 0.2) is 18.2 Å². The van der Waals surface area contributed by atoms with Gasteiger partial charge in [-0.15, -0.1) is 0 Å². The molecule has 1 saturated carbocycles. The number of halogens is 1. The molecule has 0 heterocycles. The number of nitriles is 1. The van der Waals surface area contributed by atoms with E-state index in [0.29, 0.717) is 18.4 Å². The number of carbonyl (C=O) groups excluding carboxylic acids is 1. The van der Waals surface area contributed by atoms with Gasteiger partial charge in [-0.1, -0.05) is 31.7 Å². The van der Waals surface area contributed by atoms with E-state index in [2.05, 4.69) is 11.4 Å². The van der Waals surface area contributed by atoms with Crippen molar-refractivity contribution >= 4 is 5.91 Å². The number of rotatable bonds is 2. The molecule has 1 aromatic carbocycles. The zero-order chi connectivity index (χ0) is 14.6. The second kappa shape index (κ2) is 6.04. The number of aryl methyl sites for hydroxylation is 1. The first-order valence-electron chi connectivity index (χ1n) is 7.06. The van der Waals surface area contributed by atoms with E-state index >= 15 is 0 Å². The summed E-state index contributed by atoms with van der Waals surface area (Å²) in [4.78, 5) is 12.2. The fourth-order valence-corrected chi connectivity index (χ4v) is 2.62. The summed E-state index contributed by atoms with van der Waals surface area (Å²) >= 11 is 0. The molecule has 0 aromatic heterocycles. The van der Waals surface area contributed by atoms with Crippen LogP contribution >= 0.6 is 0 Å². The maximum absolute atomic E-state index is 13.5. The summed E-state index contributed by atoms with van der Waals surface area (Å²) in [5.74, 6) is -0.767. The molecule has 1 aliphatic rings. The van der Waals surface area contributed by atoms with Gasteiger partial charge in [0.2, 0.25) is 0 Å². The molecule has 0 aliphatic heterocycles. The van der Waals surface area contributed by atoms with Crippen molar-refractivity contribution in [1.82, 2.24) is 5.32 Å². The molecule has 0 unspecified atom stereocenters. The molecular weight excluding hydrogens is 255 g/mol. The molecule has 1 aliphatic carbocycles. The van der Waals surface area contributed by atoms with Crippen LogP contribution in [-0.4, -0.2) is 11.4 Å². The summed E-state index contributed by atoms with van der Waals surface area (Å²) in [5.41, 5.74) is -0.0208. The molecule has 1 N–H and O–H groups in total. The Bertz CT molecular complexity index is 540. The van der Waals surface area contributed by atoms with Gasteiger partial charge >= 0.3 is 0 Å². The Balaban J connectivity index is 2.16. The molecule has 3 nitrogen and oxygen atoms in total. The maximum atomic E-state index is 13.5. The molecule has 1 aromatic rings. The number of nitrogens with one attached hydrogen (secondary N) is 1. The molecule has 1 fully saturated rings. The SMILES string of the molecule is Cc1ccc(C(=O)NC2(C#N)CCCCCC2)cc1F. The number of hydrogen-bond acceptors (Lipinski definition) is 2. The third kappa shape index (κ3) is 3.16. The lowest BCUT2D eigenvalue weighted by Gasteiger charge is -2.26. The normalized spacial score (nSPS) is 17.9. The molecule has 0 radical (unpaired) electrons. The Morgan fingerprint density at radius 2 is 1.95 bits per heavy atom. The van der Waals surface area contributed by atoms with Crippen LogP contribution in [0.4, 0.5) is 4.39 Å². The molecule has 20 heavy (non-hydrogen) atoms. The minimum atomic E-state index is -0.797. The fourth-order valence-electron chi connectivity index (χ4n) is 2.62. The van der Waals surface area contributed by atoms with Crippen molar-refractivity contribution in [2.24, 2.45) is 0 Å². The third-order valence-corrected chi connectivity index (χ3v) is 3.96. The molecule has 0 atom stereocenters. The zero-order valence-electron chi connectivity index (χ0n) is 11.7. The van der Waals surface area contributed by atoms with Crippen molar-refractivity contribution < 1.29 is 9.18 Å². The molecule has 2 rings (SSSR count). The summed E-state index contributed by atoms with van der Waals surface area (Å²) in [7, 11) is 0. The lowest BCUT2D eigenvalue weighted by Crippen LogP contribution is -2.47. The second-order valence-electron chi connectivity index (χ2n) is 5.53. The van der Waals surface area contributed by atoms with E-state index in [1.54, 1.807) is 19.1 Å². The lowest BCUT2D eigenvalue weighted by molar-refractivity contribution is 0.0912. The van der Waals surface area contributed by atoms with Crippen LogP contribution in [0.2, 0.25) is 0 Å². The van der Waals surface area contributed by atoms with Crippen LogP contribution in [0.25, 0.3) is 0 Å². The zero-order valence-corrected chi connectivity index (χ0v) is 11.7. The van der Waals surface area contributed by atoms with E-state index in [4.69, 9.17) is 0 Å². The van der Waals surface area contributed by atoms with Crippen LogP contribution in [0.3, 0.4) is 0 Å². The Morgan fingerprint density at radius 1 is 1.30 bits per heavy atom. The van der Waals surface area contributed by atoms with E-state index in [1.165, 1.54) is 6.07 Å². The highest BCUT2D eigenvalue weighted by Crippen LogP contribution is 2.27. The Hall–Kier alpha value is -1.89. The van der Waals surface area contributed by atoms with Crippen molar-refractivity contribution in [3.05, 3.63) is 35.1 Å². The standard InChI is InChI=1S/C16H19FN2O/c1-12-6-7-13(10-14(12)17)15(20)19-16(11-18)8-4-2-3-5-9-16/h6-7,10H,2-5,8-9H2,1H3,(H,19,20). The van der Waals surface area contributed by atoms with Gasteiger partial charge in [0, 0.05) is 5.56 Å². The van der Waals surface area contributed by atoms with Crippen molar-refractivity contribution in [2.45, 2.75) is 51.0 Å². The van der Waals surface area contributed by atoms with Crippen molar-refractivity contribution in [2.75, 3.05) is 0 Å². The molecule has 4 heteroatoms. The number of carbonyl (C=O) groups is 1. The van der Waals surface area contributed by atoms with Crippen LogP contribution in [0.1, 0.15) is 54.4 Å². The van der Waals surface area contributed by atoms with Gasteiger partial charge in [-0.25, -0.2) is 4.39 Å². The van der Waals surface area contributed by atoms with Crippen molar-refractivity contribution in [1.29, 1.82) is 5.26 Å². The maximum Gasteiger partial charge on any atom is 0.252 e. The van der Waals surface area contributed by atoms with E-state index in [9.17, 15) is 14.4 Å². The predicted molar refractivity (Wildman–Crippen MR) is 74.6 cm³/mol. The molecular formula is C16H19FN2O. The fraction of sp³-hybridized carbons (Fsp3) is 0.500. The molecule has 0 spiro atoms. The largest absolute Gasteiger partial charge is 0.334 e. The number of nitrogens with zero attached hydrogens (tertiary/aromatic N) is 1. The van der Waals surface area contributed by atoms with Crippen LogP contribution in [0, 0.1) is 24.1 Å². The van der Waals surface area contributed by atoms with Gasteiger partial charge in [0.15, 0.2) is 0 Å². The van der Waals surface area contributed by atoms with E-state index in [1.807, 2.05) is 0 Å². The second-order valence-corrected chi connectivity index (χ2v) is 5.53. The average molecular weight is 274 g/mol. The minimum absolute atomic E-state index is 0.270. The Labute approximate surface area is 118 Å². The van der Waals surface area contributed by atoms with Gasteiger partial charge in [-0.3, -0.25) is 4.79 Å². The summed E-state index contributed by atoms with van der Waals surface area (Å²) in [5, 5.41) is 12.2. The van der Waals surface area contributed by atoms with Crippen LogP contribution in [-0.2, 0) is 0 Å². The van der Waals surface area contributed by atoms with Crippen LogP contribution < -0.4 is 5.32 Å². The molecule has 0 saturated heterocycles.